The summed E-state index contributed by atoms with van der Waals surface area (Å²) in [5.74, 6) is 0. The zero-order chi connectivity index (χ0) is 13.3. The number of nitrogens with zero attached hydrogens (tertiary/aromatic N) is 4. The van der Waals surface area contributed by atoms with Crippen LogP contribution in [0.1, 0.15) is 28.0 Å². The largest absolute Gasteiger partial charge is 0.312 e. The minimum Gasteiger partial charge on any atom is -0.312 e. The van der Waals surface area contributed by atoms with Crippen LogP contribution in [0, 0.1) is 13.8 Å². The Balaban J connectivity index is 2.29. The summed E-state index contributed by atoms with van der Waals surface area (Å²) in [6.07, 6.45) is 0.860. The van der Waals surface area contributed by atoms with E-state index in [2.05, 4.69) is 35.9 Å². The zero-order valence-electron chi connectivity index (χ0n) is 10.9. The Labute approximate surface area is 119 Å². The van der Waals surface area contributed by atoms with Crippen LogP contribution in [0.2, 0.25) is 0 Å². The summed E-state index contributed by atoms with van der Waals surface area (Å²) >= 11 is 5.05. The van der Waals surface area contributed by atoms with Gasteiger partial charge in [0.1, 0.15) is 0 Å². The van der Waals surface area contributed by atoms with Crippen molar-refractivity contribution in [3.8, 4) is 0 Å². The van der Waals surface area contributed by atoms with Crippen LogP contribution in [0.15, 0.2) is 4.47 Å². The van der Waals surface area contributed by atoms with E-state index in [1.54, 1.807) is 0 Å². The van der Waals surface area contributed by atoms with Crippen LogP contribution in [-0.4, -0.2) is 26.4 Å². The monoisotopic (exact) mass is 329 g/mol. The van der Waals surface area contributed by atoms with Crippen LogP contribution in [0.4, 0.5) is 0 Å². The van der Waals surface area contributed by atoms with E-state index in [1.807, 2.05) is 32.6 Å². The van der Waals surface area contributed by atoms with Crippen molar-refractivity contribution in [2.75, 3.05) is 7.05 Å². The Morgan fingerprint density at radius 1 is 1.39 bits per heavy atom. The van der Waals surface area contributed by atoms with Crippen LogP contribution in [0.5, 0.6) is 0 Å². The Morgan fingerprint density at radius 3 is 2.56 bits per heavy atom. The van der Waals surface area contributed by atoms with E-state index in [0.717, 1.165) is 22.3 Å². The van der Waals surface area contributed by atoms with Gasteiger partial charge in [-0.2, -0.15) is 5.10 Å². The van der Waals surface area contributed by atoms with E-state index in [0.29, 0.717) is 0 Å². The summed E-state index contributed by atoms with van der Waals surface area (Å²) in [6.45, 7) is 3.99. The number of aryl methyl sites for hydroxylation is 3. The summed E-state index contributed by atoms with van der Waals surface area (Å²) < 4.78 is 7.01. The van der Waals surface area contributed by atoms with Crippen LogP contribution >= 0.6 is 27.5 Å². The maximum absolute atomic E-state index is 4.42. The van der Waals surface area contributed by atoms with Gasteiger partial charge in [0.15, 0.2) is 0 Å². The van der Waals surface area contributed by atoms with E-state index in [9.17, 15) is 0 Å². The van der Waals surface area contributed by atoms with Crippen molar-refractivity contribution in [1.29, 1.82) is 0 Å². The number of hydrogen-bond acceptors (Lipinski definition) is 5. The molecule has 18 heavy (non-hydrogen) atoms. The normalized spacial score (nSPS) is 12.9. The van der Waals surface area contributed by atoms with Gasteiger partial charge in [0.05, 0.1) is 32.5 Å². The van der Waals surface area contributed by atoms with Crippen molar-refractivity contribution >= 4 is 27.5 Å². The average molecular weight is 330 g/mol. The van der Waals surface area contributed by atoms with Crippen LogP contribution in [0.3, 0.4) is 0 Å². The molecule has 0 aliphatic rings. The molecule has 1 atom stereocenters. The van der Waals surface area contributed by atoms with Crippen LogP contribution < -0.4 is 5.32 Å². The Morgan fingerprint density at radius 2 is 2.11 bits per heavy atom. The Kier molecular flexibility index (Phi) is 4.14. The number of aromatic nitrogens is 4. The summed E-state index contributed by atoms with van der Waals surface area (Å²) in [5, 5.41) is 11.8. The molecule has 98 valence electrons. The van der Waals surface area contributed by atoms with E-state index < -0.39 is 0 Å². The lowest BCUT2D eigenvalue weighted by Crippen LogP contribution is -2.20. The molecule has 0 amide bonds. The van der Waals surface area contributed by atoms with Gasteiger partial charge in [-0.1, -0.05) is 4.49 Å². The molecular weight excluding hydrogens is 314 g/mol. The highest BCUT2D eigenvalue weighted by molar-refractivity contribution is 9.10. The molecule has 0 aliphatic carbocycles. The zero-order valence-corrected chi connectivity index (χ0v) is 13.3. The van der Waals surface area contributed by atoms with Gasteiger partial charge in [0, 0.05) is 13.5 Å². The molecule has 0 aromatic carbocycles. The second-order valence-electron chi connectivity index (χ2n) is 4.24. The molecule has 0 spiro atoms. The quantitative estimate of drug-likeness (QED) is 0.933. The van der Waals surface area contributed by atoms with Crippen LogP contribution in [-0.2, 0) is 13.5 Å². The second-order valence-corrected chi connectivity index (χ2v) is 5.82. The van der Waals surface area contributed by atoms with Gasteiger partial charge in [-0.3, -0.25) is 4.68 Å². The summed E-state index contributed by atoms with van der Waals surface area (Å²) in [5.41, 5.74) is 3.19. The number of nitrogens with one attached hydrogen (secondary N) is 1. The van der Waals surface area contributed by atoms with Crippen molar-refractivity contribution in [3.05, 3.63) is 26.4 Å². The lowest BCUT2D eigenvalue weighted by molar-refractivity contribution is 0.564. The van der Waals surface area contributed by atoms with E-state index in [4.69, 9.17) is 0 Å². The molecule has 0 radical (unpaired) electrons. The number of rotatable bonds is 4. The summed E-state index contributed by atoms with van der Waals surface area (Å²) in [6, 6.07) is 0.219. The van der Waals surface area contributed by atoms with Crippen molar-refractivity contribution in [3.63, 3.8) is 0 Å². The molecule has 2 aromatic heterocycles. The highest BCUT2D eigenvalue weighted by Gasteiger charge is 2.20. The molecule has 0 saturated heterocycles. The van der Waals surface area contributed by atoms with Crippen molar-refractivity contribution < 1.29 is 0 Å². The maximum atomic E-state index is 4.42. The van der Waals surface area contributed by atoms with Crippen molar-refractivity contribution in [2.45, 2.75) is 26.3 Å². The molecule has 5 nitrogen and oxygen atoms in total. The highest BCUT2D eigenvalue weighted by atomic mass is 79.9. The molecule has 2 rings (SSSR count). The first-order valence-corrected chi connectivity index (χ1v) is 7.25. The van der Waals surface area contributed by atoms with Crippen LogP contribution in [0.25, 0.3) is 0 Å². The fourth-order valence-electron chi connectivity index (χ4n) is 1.98. The average Bonchev–Trinajstić information content (AvgIpc) is 2.84. The van der Waals surface area contributed by atoms with Gasteiger partial charge in [0.25, 0.3) is 0 Å². The molecule has 1 unspecified atom stereocenters. The van der Waals surface area contributed by atoms with Gasteiger partial charge in [-0.15, -0.1) is 5.10 Å². The number of hydrogen-bond donors (Lipinski definition) is 1. The SMILES string of the molecule is CNC(Cc1c(Br)c(C)nn1C)c1snnc1C. The van der Waals surface area contributed by atoms with Gasteiger partial charge in [-0.05, 0) is 48.4 Å². The molecule has 1 N–H and O–H groups in total. The van der Waals surface area contributed by atoms with Crippen molar-refractivity contribution in [2.24, 2.45) is 7.05 Å². The molecule has 0 bridgehead atoms. The molecule has 0 aliphatic heterocycles. The highest BCUT2D eigenvalue weighted by Crippen LogP contribution is 2.28. The first-order chi connectivity index (χ1) is 8.54. The third kappa shape index (κ3) is 2.48. The minimum absolute atomic E-state index is 0.219. The maximum Gasteiger partial charge on any atom is 0.0772 e. The Bertz CT molecular complexity index is 548. The minimum atomic E-state index is 0.219. The second kappa shape index (κ2) is 5.46. The predicted octanol–water partition coefficient (Wildman–Crippen LogP) is 2.15. The fraction of sp³-hybridized carbons (Fsp3) is 0.545. The van der Waals surface area contributed by atoms with E-state index in [1.165, 1.54) is 22.1 Å². The molecule has 0 fully saturated rings. The summed E-state index contributed by atoms with van der Waals surface area (Å²) in [4.78, 5) is 1.18. The summed E-state index contributed by atoms with van der Waals surface area (Å²) in [7, 11) is 3.93. The smallest absolute Gasteiger partial charge is 0.0772 e. The molecule has 0 saturated carbocycles. The molecule has 2 aromatic rings. The van der Waals surface area contributed by atoms with E-state index >= 15 is 0 Å². The first-order valence-electron chi connectivity index (χ1n) is 5.68. The van der Waals surface area contributed by atoms with E-state index in [-0.39, 0.29) is 6.04 Å². The van der Waals surface area contributed by atoms with Gasteiger partial charge >= 0.3 is 0 Å². The fourth-order valence-corrected chi connectivity index (χ4v) is 3.23. The lowest BCUT2D eigenvalue weighted by Gasteiger charge is -2.15. The van der Waals surface area contributed by atoms with Gasteiger partial charge in [-0.25, -0.2) is 0 Å². The third-order valence-corrected chi connectivity index (χ3v) is 4.98. The molecular formula is C11H16BrN5S. The topological polar surface area (TPSA) is 55.6 Å². The Hall–Kier alpha value is -0.790. The molecule has 2 heterocycles. The van der Waals surface area contributed by atoms with Gasteiger partial charge in [0.2, 0.25) is 0 Å². The predicted molar refractivity (Wildman–Crippen MR) is 75.8 cm³/mol. The lowest BCUT2D eigenvalue weighted by atomic mass is 10.1. The van der Waals surface area contributed by atoms with Crippen molar-refractivity contribution in [1.82, 2.24) is 24.7 Å². The third-order valence-electron chi connectivity index (χ3n) is 3.01. The molecule has 7 heteroatoms. The van der Waals surface area contributed by atoms with Gasteiger partial charge < -0.3 is 5.32 Å². The standard InChI is InChI=1S/C11H16BrN5S/c1-6-10(12)9(17(4)15-6)5-8(13-3)11-7(2)14-16-18-11/h8,13H,5H2,1-4H3. The number of likely N-dealkylation sites (N-methyl/N-ethyl adjacent to an activating group) is 1. The number of halogens is 1. The first kappa shape index (κ1) is 13.6.